The molecule has 3 rings (SSSR count). The summed E-state index contributed by atoms with van der Waals surface area (Å²) in [4.78, 5) is 11.9. The number of phenolic OH excluding ortho intramolecular Hbond substituents is 1. The Morgan fingerprint density at radius 2 is 1.67 bits per heavy atom. The van der Waals surface area contributed by atoms with Crippen molar-refractivity contribution in [3.05, 3.63) is 46.8 Å². The monoisotopic (exact) mass is 328 g/mol. The molecule has 0 spiro atoms. The smallest absolute Gasteiger partial charge is 0.336 e. The molecule has 0 aliphatic rings. The van der Waals surface area contributed by atoms with Gasteiger partial charge in [-0.05, 0) is 17.7 Å². The summed E-state index contributed by atoms with van der Waals surface area (Å²) in [5.74, 6) is 1.44. The van der Waals surface area contributed by atoms with Crippen LogP contribution in [0.25, 0.3) is 22.1 Å². The first-order valence-electron chi connectivity index (χ1n) is 7.14. The second-order valence-electron chi connectivity index (χ2n) is 5.07. The van der Waals surface area contributed by atoms with Crippen LogP contribution in [0.3, 0.4) is 0 Å². The van der Waals surface area contributed by atoms with E-state index in [1.165, 1.54) is 26.4 Å². The SMILES string of the molecule is COc1cc(O)c2c(-c3ccc(OC)c(OC)c3)cc(=O)oc2c1. The van der Waals surface area contributed by atoms with Gasteiger partial charge in [-0.15, -0.1) is 0 Å². The molecule has 124 valence electrons. The Labute approximate surface area is 137 Å². The van der Waals surface area contributed by atoms with Gasteiger partial charge in [0.05, 0.1) is 26.7 Å². The molecule has 0 atom stereocenters. The Morgan fingerprint density at radius 3 is 2.33 bits per heavy atom. The van der Waals surface area contributed by atoms with Crippen LogP contribution < -0.4 is 19.8 Å². The molecule has 6 nitrogen and oxygen atoms in total. The van der Waals surface area contributed by atoms with Crippen LogP contribution in [0, 0.1) is 0 Å². The lowest BCUT2D eigenvalue weighted by atomic mass is 10.0. The van der Waals surface area contributed by atoms with Gasteiger partial charge >= 0.3 is 5.63 Å². The third-order valence-corrected chi connectivity index (χ3v) is 3.73. The predicted octanol–water partition coefficient (Wildman–Crippen LogP) is 3.19. The number of benzene rings is 2. The van der Waals surface area contributed by atoms with Crippen molar-refractivity contribution < 1.29 is 23.7 Å². The van der Waals surface area contributed by atoms with Gasteiger partial charge in [0, 0.05) is 23.8 Å². The van der Waals surface area contributed by atoms with E-state index in [4.69, 9.17) is 18.6 Å². The third-order valence-electron chi connectivity index (χ3n) is 3.73. The highest BCUT2D eigenvalue weighted by molar-refractivity contribution is 5.98. The van der Waals surface area contributed by atoms with Gasteiger partial charge in [-0.2, -0.15) is 0 Å². The summed E-state index contributed by atoms with van der Waals surface area (Å²) in [6, 6.07) is 9.59. The second kappa shape index (κ2) is 6.16. The minimum absolute atomic E-state index is 0.0436. The van der Waals surface area contributed by atoms with Crippen molar-refractivity contribution in [2.75, 3.05) is 21.3 Å². The maximum atomic E-state index is 11.9. The average molecular weight is 328 g/mol. The van der Waals surface area contributed by atoms with Gasteiger partial charge in [0.2, 0.25) is 0 Å². The molecule has 0 aliphatic heterocycles. The van der Waals surface area contributed by atoms with E-state index in [1.54, 1.807) is 31.4 Å². The van der Waals surface area contributed by atoms with Crippen LogP contribution in [0.1, 0.15) is 0 Å². The number of hydrogen-bond donors (Lipinski definition) is 1. The zero-order valence-electron chi connectivity index (χ0n) is 13.5. The Bertz CT molecular complexity index is 958. The molecule has 2 aromatic carbocycles. The van der Waals surface area contributed by atoms with Gasteiger partial charge in [-0.3, -0.25) is 0 Å². The molecule has 0 radical (unpaired) electrons. The maximum absolute atomic E-state index is 11.9. The fourth-order valence-electron chi connectivity index (χ4n) is 2.60. The van der Waals surface area contributed by atoms with Crippen LogP contribution in [-0.4, -0.2) is 26.4 Å². The summed E-state index contributed by atoms with van der Waals surface area (Å²) in [5, 5.41) is 10.8. The third kappa shape index (κ3) is 2.62. The largest absolute Gasteiger partial charge is 0.507 e. The van der Waals surface area contributed by atoms with Gasteiger partial charge < -0.3 is 23.7 Å². The summed E-state index contributed by atoms with van der Waals surface area (Å²) in [7, 11) is 4.54. The van der Waals surface area contributed by atoms with Gasteiger partial charge in [-0.1, -0.05) is 6.07 Å². The summed E-state index contributed by atoms with van der Waals surface area (Å²) >= 11 is 0. The lowest BCUT2D eigenvalue weighted by molar-refractivity contribution is 0.355. The van der Waals surface area contributed by atoms with E-state index in [1.807, 2.05) is 0 Å². The van der Waals surface area contributed by atoms with Crippen LogP contribution >= 0.6 is 0 Å². The summed E-state index contributed by atoms with van der Waals surface area (Å²) in [6.07, 6.45) is 0. The van der Waals surface area contributed by atoms with Crippen molar-refractivity contribution in [1.82, 2.24) is 0 Å². The van der Waals surface area contributed by atoms with E-state index in [9.17, 15) is 9.90 Å². The zero-order chi connectivity index (χ0) is 17.3. The molecule has 0 saturated carbocycles. The van der Waals surface area contributed by atoms with Gasteiger partial charge in [-0.25, -0.2) is 4.79 Å². The summed E-state index contributed by atoms with van der Waals surface area (Å²) in [6.45, 7) is 0. The highest BCUT2D eigenvalue weighted by Crippen LogP contribution is 2.39. The molecule has 24 heavy (non-hydrogen) atoms. The number of methoxy groups -OCH3 is 3. The first kappa shape index (κ1) is 15.7. The molecule has 1 aromatic heterocycles. The Kier molecular flexibility index (Phi) is 4.04. The lowest BCUT2D eigenvalue weighted by Crippen LogP contribution is -1.99. The number of phenols is 1. The number of fused-ring (bicyclic) bond motifs is 1. The van der Waals surface area contributed by atoms with E-state index in [0.29, 0.717) is 33.8 Å². The molecule has 1 N–H and O–H groups in total. The van der Waals surface area contributed by atoms with Crippen LogP contribution in [0.2, 0.25) is 0 Å². The molecule has 0 amide bonds. The van der Waals surface area contributed by atoms with Crippen molar-refractivity contribution in [2.45, 2.75) is 0 Å². The number of rotatable bonds is 4. The van der Waals surface area contributed by atoms with Crippen molar-refractivity contribution in [2.24, 2.45) is 0 Å². The van der Waals surface area contributed by atoms with Crippen LogP contribution in [0.5, 0.6) is 23.0 Å². The van der Waals surface area contributed by atoms with Gasteiger partial charge in [0.15, 0.2) is 11.5 Å². The Hall–Kier alpha value is -3.15. The molecule has 0 bridgehead atoms. The van der Waals surface area contributed by atoms with Crippen molar-refractivity contribution >= 4 is 11.0 Å². The number of ether oxygens (including phenoxy) is 3. The first-order valence-corrected chi connectivity index (χ1v) is 7.14. The summed E-state index contributed by atoms with van der Waals surface area (Å²) in [5.41, 5.74) is 0.928. The lowest BCUT2D eigenvalue weighted by Gasteiger charge is -2.12. The quantitative estimate of drug-likeness (QED) is 0.741. The molecule has 0 saturated heterocycles. The highest BCUT2D eigenvalue weighted by Gasteiger charge is 2.15. The normalized spacial score (nSPS) is 10.6. The average Bonchev–Trinajstić information content (AvgIpc) is 2.59. The maximum Gasteiger partial charge on any atom is 0.336 e. The zero-order valence-corrected chi connectivity index (χ0v) is 13.5. The first-order chi connectivity index (χ1) is 11.6. The Morgan fingerprint density at radius 1 is 0.917 bits per heavy atom. The minimum atomic E-state index is -0.528. The fourth-order valence-corrected chi connectivity index (χ4v) is 2.60. The molecular formula is C18H16O6. The fraction of sp³-hybridized carbons (Fsp3) is 0.167. The van der Waals surface area contributed by atoms with Gasteiger partial charge in [0.25, 0.3) is 0 Å². The number of hydrogen-bond acceptors (Lipinski definition) is 6. The van der Waals surface area contributed by atoms with Crippen molar-refractivity contribution in [3.63, 3.8) is 0 Å². The van der Waals surface area contributed by atoms with Crippen molar-refractivity contribution in [3.8, 4) is 34.1 Å². The van der Waals surface area contributed by atoms with E-state index in [0.717, 1.165) is 0 Å². The Balaban J connectivity index is 2.32. The predicted molar refractivity (Wildman–Crippen MR) is 89.2 cm³/mol. The second-order valence-corrected chi connectivity index (χ2v) is 5.07. The van der Waals surface area contributed by atoms with Gasteiger partial charge in [0.1, 0.15) is 17.1 Å². The van der Waals surface area contributed by atoms with E-state index in [2.05, 4.69) is 0 Å². The standard InChI is InChI=1S/C18H16O6/c1-21-11-7-13(19)18-12(9-17(20)24-16(18)8-11)10-4-5-14(22-2)15(6-10)23-3/h4-9,19H,1-3H3. The molecule has 0 fully saturated rings. The molecule has 1 heterocycles. The molecule has 3 aromatic rings. The number of aromatic hydroxyl groups is 1. The minimum Gasteiger partial charge on any atom is -0.507 e. The molecule has 0 unspecified atom stereocenters. The van der Waals surface area contributed by atoms with E-state index < -0.39 is 5.63 Å². The van der Waals surface area contributed by atoms with E-state index >= 15 is 0 Å². The van der Waals surface area contributed by atoms with Crippen LogP contribution in [0.4, 0.5) is 0 Å². The van der Waals surface area contributed by atoms with Crippen LogP contribution in [-0.2, 0) is 0 Å². The van der Waals surface area contributed by atoms with Crippen molar-refractivity contribution in [1.29, 1.82) is 0 Å². The topological polar surface area (TPSA) is 78.1 Å². The molecular weight excluding hydrogens is 312 g/mol. The van der Waals surface area contributed by atoms with Crippen LogP contribution in [0.15, 0.2) is 45.6 Å². The summed E-state index contributed by atoms with van der Waals surface area (Å²) < 4.78 is 20.8. The highest BCUT2D eigenvalue weighted by atomic mass is 16.5. The molecule has 6 heteroatoms. The molecule has 0 aliphatic carbocycles. The van der Waals surface area contributed by atoms with E-state index in [-0.39, 0.29) is 11.3 Å².